The van der Waals surface area contributed by atoms with Crippen LogP contribution in [0, 0.1) is 11.3 Å². The monoisotopic (exact) mass is 312 g/mol. The lowest BCUT2D eigenvalue weighted by molar-refractivity contribution is 0.519. The Morgan fingerprint density at radius 2 is 2.24 bits per heavy atom. The SMILES string of the molecule is CC(N)(C#N)CCCCSc1cccc(Br)c1. The van der Waals surface area contributed by atoms with E-state index in [1.807, 2.05) is 23.9 Å². The van der Waals surface area contributed by atoms with Crippen LogP contribution >= 0.6 is 27.7 Å². The van der Waals surface area contributed by atoms with Crippen LogP contribution < -0.4 is 5.73 Å². The van der Waals surface area contributed by atoms with Gasteiger partial charge in [0.25, 0.3) is 0 Å². The third-order valence-electron chi connectivity index (χ3n) is 2.41. The molecule has 0 saturated carbocycles. The molecule has 0 aliphatic rings. The average molecular weight is 313 g/mol. The van der Waals surface area contributed by atoms with Gasteiger partial charge in [0, 0.05) is 9.37 Å². The Kier molecular flexibility index (Phi) is 6.04. The van der Waals surface area contributed by atoms with Gasteiger partial charge in [0.05, 0.1) is 6.07 Å². The van der Waals surface area contributed by atoms with Crippen LogP contribution in [-0.4, -0.2) is 11.3 Å². The minimum atomic E-state index is -0.666. The summed E-state index contributed by atoms with van der Waals surface area (Å²) in [6.45, 7) is 1.79. The van der Waals surface area contributed by atoms with Crippen LogP contribution in [0.25, 0.3) is 0 Å². The molecule has 0 aliphatic carbocycles. The summed E-state index contributed by atoms with van der Waals surface area (Å²) in [7, 11) is 0. The van der Waals surface area contributed by atoms with Crippen LogP contribution in [0.4, 0.5) is 0 Å². The number of benzene rings is 1. The first kappa shape index (κ1) is 14.6. The maximum Gasteiger partial charge on any atom is 0.101 e. The molecule has 0 aromatic heterocycles. The standard InChI is InChI=1S/C13H17BrN2S/c1-13(16,10-15)7-2-3-8-17-12-6-4-5-11(14)9-12/h4-6,9H,2-3,7-8,16H2,1H3. The van der Waals surface area contributed by atoms with Gasteiger partial charge in [-0.1, -0.05) is 22.0 Å². The first-order chi connectivity index (χ1) is 8.03. The van der Waals surface area contributed by atoms with Crippen molar-refractivity contribution in [2.75, 3.05) is 5.75 Å². The van der Waals surface area contributed by atoms with Crippen LogP contribution in [0.1, 0.15) is 26.2 Å². The van der Waals surface area contributed by atoms with Crippen molar-refractivity contribution >= 4 is 27.7 Å². The highest BCUT2D eigenvalue weighted by atomic mass is 79.9. The number of halogens is 1. The molecule has 0 spiro atoms. The second kappa shape index (κ2) is 7.05. The zero-order chi connectivity index (χ0) is 12.7. The lowest BCUT2D eigenvalue weighted by atomic mass is 9.99. The summed E-state index contributed by atoms with van der Waals surface area (Å²) >= 11 is 5.29. The predicted octanol–water partition coefficient (Wildman–Crippen LogP) is 3.95. The summed E-state index contributed by atoms with van der Waals surface area (Å²) < 4.78 is 1.11. The van der Waals surface area contributed by atoms with E-state index in [0.29, 0.717) is 0 Å². The molecular weight excluding hydrogens is 296 g/mol. The molecule has 2 N–H and O–H groups in total. The van der Waals surface area contributed by atoms with Crippen LogP contribution in [-0.2, 0) is 0 Å². The fraction of sp³-hybridized carbons (Fsp3) is 0.462. The zero-order valence-electron chi connectivity index (χ0n) is 9.95. The summed E-state index contributed by atoms with van der Waals surface area (Å²) in [6, 6.07) is 10.4. The van der Waals surface area contributed by atoms with Gasteiger partial charge in [0.1, 0.15) is 5.54 Å². The van der Waals surface area contributed by atoms with E-state index in [1.165, 1.54) is 4.90 Å². The van der Waals surface area contributed by atoms with E-state index in [1.54, 1.807) is 6.92 Å². The number of nitrogens with two attached hydrogens (primary N) is 1. The Labute approximate surface area is 116 Å². The zero-order valence-corrected chi connectivity index (χ0v) is 12.4. The lowest BCUT2D eigenvalue weighted by Crippen LogP contribution is -2.33. The first-order valence-corrected chi connectivity index (χ1v) is 7.40. The molecule has 0 radical (unpaired) electrons. The minimum Gasteiger partial charge on any atom is -0.314 e. The molecule has 2 nitrogen and oxygen atoms in total. The highest BCUT2D eigenvalue weighted by Crippen LogP contribution is 2.23. The average Bonchev–Trinajstić information content (AvgIpc) is 2.29. The number of hydrogen-bond donors (Lipinski definition) is 1. The smallest absolute Gasteiger partial charge is 0.101 e. The molecule has 0 aliphatic heterocycles. The van der Waals surface area contributed by atoms with Gasteiger partial charge in [0.2, 0.25) is 0 Å². The van der Waals surface area contributed by atoms with E-state index in [4.69, 9.17) is 11.0 Å². The molecule has 92 valence electrons. The second-order valence-corrected chi connectivity index (χ2v) is 6.38. The molecule has 0 saturated heterocycles. The van der Waals surface area contributed by atoms with Crippen molar-refractivity contribution < 1.29 is 0 Å². The summed E-state index contributed by atoms with van der Waals surface area (Å²) in [6.07, 6.45) is 2.86. The van der Waals surface area contributed by atoms with E-state index in [2.05, 4.69) is 34.1 Å². The molecule has 0 heterocycles. The molecule has 1 unspecified atom stereocenters. The number of nitriles is 1. The molecule has 0 fully saturated rings. The van der Waals surface area contributed by atoms with Crippen LogP contribution in [0.2, 0.25) is 0 Å². The Morgan fingerprint density at radius 3 is 2.88 bits per heavy atom. The van der Waals surface area contributed by atoms with Crippen molar-refractivity contribution in [2.24, 2.45) is 5.73 Å². The van der Waals surface area contributed by atoms with Crippen molar-refractivity contribution in [3.05, 3.63) is 28.7 Å². The molecule has 1 atom stereocenters. The van der Waals surface area contributed by atoms with E-state index in [-0.39, 0.29) is 0 Å². The third kappa shape index (κ3) is 6.11. The molecule has 0 amide bonds. The summed E-state index contributed by atoms with van der Waals surface area (Å²) in [4.78, 5) is 1.27. The number of unbranched alkanes of at least 4 members (excludes halogenated alkanes) is 1. The molecule has 4 heteroatoms. The molecule has 1 aromatic rings. The van der Waals surface area contributed by atoms with Gasteiger partial charge in [-0.05, 0) is 50.1 Å². The Morgan fingerprint density at radius 1 is 1.47 bits per heavy atom. The van der Waals surface area contributed by atoms with E-state index >= 15 is 0 Å². The van der Waals surface area contributed by atoms with Crippen molar-refractivity contribution in [3.63, 3.8) is 0 Å². The van der Waals surface area contributed by atoms with Crippen molar-refractivity contribution in [1.82, 2.24) is 0 Å². The molecular formula is C13H17BrN2S. The van der Waals surface area contributed by atoms with Gasteiger partial charge in [-0.2, -0.15) is 5.26 Å². The van der Waals surface area contributed by atoms with E-state index < -0.39 is 5.54 Å². The fourth-order valence-corrected chi connectivity index (χ4v) is 2.92. The van der Waals surface area contributed by atoms with Crippen molar-refractivity contribution in [2.45, 2.75) is 36.6 Å². The van der Waals surface area contributed by atoms with Crippen LogP contribution in [0.5, 0.6) is 0 Å². The number of nitrogens with zero attached hydrogens (tertiary/aromatic N) is 1. The van der Waals surface area contributed by atoms with Gasteiger partial charge in [-0.3, -0.25) is 0 Å². The normalized spacial score (nSPS) is 14.0. The number of thioether (sulfide) groups is 1. The van der Waals surface area contributed by atoms with Gasteiger partial charge < -0.3 is 5.73 Å². The molecule has 17 heavy (non-hydrogen) atoms. The van der Waals surface area contributed by atoms with Gasteiger partial charge in [-0.25, -0.2) is 0 Å². The van der Waals surface area contributed by atoms with E-state index in [0.717, 1.165) is 29.5 Å². The predicted molar refractivity (Wildman–Crippen MR) is 76.9 cm³/mol. The molecule has 1 aromatic carbocycles. The van der Waals surface area contributed by atoms with E-state index in [9.17, 15) is 0 Å². The largest absolute Gasteiger partial charge is 0.314 e. The summed E-state index contributed by atoms with van der Waals surface area (Å²) in [5.74, 6) is 1.07. The Bertz CT molecular complexity index is 399. The maximum absolute atomic E-state index is 8.77. The van der Waals surface area contributed by atoms with Crippen molar-refractivity contribution in [1.29, 1.82) is 5.26 Å². The second-order valence-electron chi connectivity index (χ2n) is 4.29. The lowest BCUT2D eigenvalue weighted by Gasteiger charge is -2.14. The highest BCUT2D eigenvalue weighted by molar-refractivity contribution is 9.10. The topological polar surface area (TPSA) is 49.8 Å². The number of hydrogen-bond acceptors (Lipinski definition) is 3. The quantitative estimate of drug-likeness (QED) is 0.639. The van der Waals surface area contributed by atoms with Gasteiger partial charge in [-0.15, -0.1) is 11.8 Å². The Balaban J connectivity index is 2.19. The summed E-state index contributed by atoms with van der Waals surface area (Å²) in [5.41, 5.74) is 5.09. The van der Waals surface area contributed by atoms with Crippen molar-refractivity contribution in [3.8, 4) is 6.07 Å². The first-order valence-electron chi connectivity index (χ1n) is 5.62. The van der Waals surface area contributed by atoms with Gasteiger partial charge in [0.15, 0.2) is 0 Å². The molecule has 0 bridgehead atoms. The fourth-order valence-electron chi connectivity index (χ4n) is 1.40. The summed E-state index contributed by atoms with van der Waals surface area (Å²) in [5, 5.41) is 8.77. The maximum atomic E-state index is 8.77. The van der Waals surface area contributed by atoms with Crippen LogP contribution in [0.3, 0.4) is 0 Å². The minimum absolute atomic E-state index is 0.666. The number of rotatable bonds is 6. The van der Waals surface area contributed by atoms with Crippen LogP contribution in [0.15, 0.2) is 33.6 Å². The third-order valence-corrected chi connectivity index (χ3v) is 3.98. The Hall–Kier alpha value is -0.500. The molecule has 1 rings (SSSR count). The highest BCUT2D eigenvalue weighted by Gasteiger charge is 2.15. The van der Waals surface area contributed by atoms with Gasteiger partial charge >= 0.3 is 0 Å².